The maximum absolute atomic E-state index is 2.69. The Kier molecular flexibility index (Phi) is 5.87. The SMILES string of the molecule is CCN(CC)C[C@H](c1ccccc1)N1CCCCC1. The van der Waals surface area contributed by atoms with Crippen LogP contribution in [0.4, 0.5) is 0 Å². The fraction of sp³-hybridized carbons (Fsp3) is 0.647. The molecule has 1 heterocycles. The molecule has 0 aliphatic carbocycles. The predicted octanol–water partition coefficient (Wildman–Crippen LogP) is 3.56. The van der Waals surface area contributed by atoms with Crippen LogP contribution in [0.15, 0.2) is 30.3 Å². The number of likely N-dealkylation sites (N-methyl/N-ethyl adjacent to an activating group) is 1. The molecule has 2 nitrogen and oxygen atoms in total. The maximum atomic E-state index is 2.69. The summed E-state index contributed by atoms with van der Waals surface area (Å²) in [6, 6.07) is 11.6. The van der Waals surface area contributed by atoms with Gasteiger partial charge in [0.25, 0.3) is 0 Å². The van der Waals surface area contributed by atoms with E-state index in [-0.39, 0.29) is 0 Å². The Hall–Kier alpha value is -0.860. The highest BCUT2D eigenvalue weighted by Gasteiger charge is 2.23. The Morgan fingerprint density at radius 2 is 1.63 bits per heavy atom. The molecule has 1 fully saturated rings. The molecule has 1 saturated heterocycles. The first-order valence-electron chi connectivity index (χ1n) is 7.86. The molecule has 1 aromatic carbocycles. The first-order chi connectivity index (χ1) is 9.35. The quantitative estimate of drug-likeness (QED) is 0.771. The van der Waals surface area contributed by atoms with E-state index in [9.17, 15) is 0 Å². The summed E-state index contributed by atoms with van der Waals surface area (Å²) in [4.78, 5) is 5.24. The van der Waals surface area contributed by atoms with Crippen LogP contribution in [0.5, 0.6) is 0 Å². The van der Waals surface area contributed by atoms with E-state index >= 15 is 0 Å². The summed E-state index contributed by atoms with van der Waals surface area (Å²) in [6.07, 6.45) is 4.13. The van der Waals surface area contributed by atoms with Gasteiger partial charge in [-0.05, 0) is 44.6 Å². The molecule has 0 N–H and O–H groups in total. The molecule has 0 unspecified atom stereocenters. The van der Waals surface area contributed by atoms with Gasteiger partial charge < -0.3 is 4.90 Å². The van der Waals surface area contributed by atoms with Crippen molar-refractivity contribution in [1.82, 2.24) is 9.80 Å². The Morgan fingerprint density at radius 1 is 1.00 bits per heavy atom. The molecule has 0 aromatic heterocycles. The second-order valence-corrected chi connectivity index (χ2v) is 5.51. The lowest BCUT2D eigenvalue weighted by atomic mass is 10.0. The van der Waals surface area contributed by atoms with E-state index in [1.807, 2.05) is 0 Å². The van der Waals surface area contributed by atoms with E-state index in [4.69, 9.17) is 0 Å². The van der Waals surface area contributed by atoms with Crippen molar-refractivity contribution >= 4 is 0 Å². The lowest BCUT2D eigenvalue weighted by Gasteiger charge is -2.37. The molecule has 0 bridgehead atoms. The van der Waals surface area contributed by atoms with Gasteiger partial charge in [0, 0.05) is 12.6 Å². The number of rotatable bonds is 6. The molecule has 0 saturated carbocycles. The summed E-state index contributed by atoms with van der Waals surface area (Å²) < 4.78 is 0. The number of likely N-dealkylation sites (tertiary alicyclic amines) is 1. The number of hydrogen-bond acceptors (Lipinski definition) is 2. The summed E-state index contributed by atoms with van der Waals surface area (Å²) in [5, 5.41) is 0. The molecule has 2 rings (SSSR count). The normalized spacial score (nSPS) is 18.7. The van der Waals surface area contributed by atoms with Crippen LogP contribution in [0.3, 0.4) is 0 Å². The van der Waals surface area contributed by atoms with Crippen LogP contribution in [-0.4, -0.2) is 42.5 Å². The second-order valence-electron chi connectivity index (χ2n) is 5.51. The standard InChI is InChI=1S/C17H28N2/c1-3-18(4-2)15-17(16-11-7-5-8-12-16)19-13-9-6-10-14-19/h5,7-8,11-12,17H,3-4,6,9-10,13-15H2,1-2H3/t17-/m1/s1. The highest BCUT2D eigenvalue weighted by Crippen LogP contribution is 2.25. The molecule has 1 aromatic rings. The van der Waals surface area contributed by atoms with Crippen molar-refractivity contribution in [2.45, 2.75) is 39.2 Å². The van der Waals surface area contributed by atoms with Gasteiger partial charge in [-0.2, -0.15) is 0 Å². The molecular weight excluding hydrogens is 232 g/mol. The zero-order valence-corrected chi connectivity index (χ0v) is 12.5. The van der Waals surface area contributed by atoms with E-state index in [2.05, 4.69) is 54.0 Å². The van der Waals surface area contributed by atoms with Crippen LogP contribution in [0, 0.1) is 0 Å². The second kappa shape index (κ2) is 7.66. The smallest absolute Gasteiger partial charge is 0.0475 e. The molecule has 0 radical (unpaired) electrons. The maximum Gasteiger partial charge on any atom is 0.0475 e. The number of piperidine rings is 1. The number of benzene rings is 1. The van der Waals surface area contributed by atoms with Crippen LogP contribution in [0.1, 0.15) is 44.7 Å². The molecular formula is C17H28N2. The zero-order chi connectivity index (χ0) is 13.5. The van der Waals surface area contributed by atoms with Crippen molar-refractivity contribution in [3.8, 4) is 0 Å². The van der Waals surface area contributed by atoms with Crippen LogP contribution in [0.25, 0.3) is 0 Å². The van der Waals surface area contributed by atoms with Crippen LogP contribution >= 0.6 is 0 Å². The summed E-state index contributed by atoms with van der Waals surface area (Å²) >= 11 is 0. The van der Waals surface area contributed by atoms with Crippen molar-refractivity contribution in [1.29, 1.82) is 0 Å². The van der Waals surface area contributed by atoms with Gasteiger partial charge in [-0.25, -0.2) is 0 Å². The van der Waals surface area contributed by atoms with Crippen molar-refractivity contribution in [3.63, 3.8) is 0 Å². The van der Waals surface area contributed by atoms with Crippen molar-refractivity contribution < 1.29 is 0 Å². The third kappa shape index (κ3) is 4.05. The highest BCUT2D eigenvalue weighted by atomic mass is 15.2. The van der Waals surface area contributed by atoms with Gasteiger partial charge in [0.05, 0.1) is 0 Å². The van der Waals surface area contributed by atoms with Gasteiger partial charge in [0.15, 0.2) is 0 Å². The number of nitrogens with zero attached hydrogens (tertiary/aromatic N) is 2. The van der Waals surface area contributed by atoms with Crippen molar-refractivity contribution in [3.05, 3.63) is 35.9 Å². The van der Waals surface area contributed by atoms with E-state index in [0.717, 1.165) is 19.6 Å². The molecule has 19 heavy (non-hydrogen) atoms. The minimum absolute atomic E-state index is 0.571. The van der Waals surface area contributed by atoms with Gasteiger partial charge in [-0.15, -0.1) is 0 Å². The molecule has 106 valence electrons. The summed E-state index contributed by atoms with van der Waals surface area (Å²) in [5.74, 6) is 0. The predicted molar refractivity (Wildman–Crippen MR) is 82.4 cm³/mol. The van der Waals surface area contributed by atoms with E-state index in [0.29, 0.717) is 6.04 Å². The summed E-state index contributed by atoms with van der Waals surface area (Å²) in [6.45, 7) is 10.5. The first-order valence-corrected chi connectivity index (χ1v) is 7.86. The molecule has 0 amide bonds. The first kappa shape index (κ1) is 14.5. The van der Waals surface area contributed by atoms with Gasteiger partial charge in [0.1, 0.15) is 0 Å². The van der Waals surface area contributed by atoms with Gasteiger partial charge >= 0.3 is 0 Å². The minimum Gasteiger partial charge on any atom is -0.302 e. The van der Waals surface area contributed by atoms with Crippen LogP contribution in [-0.2, 0) is 0 Å². The Bertz CT molecular complexity index is 340. The van der Waals surface area contributed by atoms with Crippen molar-refractivity contribution in [2.75, 3.05) is 32.7 Å². The molecule has 0 spiro atoms. The highest BCUT2D eigenvalue weighted by molar-refractivity contribution is 5.19. The summed E-state index contributed by atoms with van der Waals surface area (Å²) in [7, 11) is 0. The average Bonchev–Trinajstić information content (AvgIpc) is 2.50. The largest absolute Gasteiger partial charge is 0.302 e. The monoisotopic (exact) mass is 260 g/mol. The topological polar surface area (TPSA) is 6.48 Å². The van der Waals surface area contributed by atoms with Gasteiger partial charge in [0.2, 0.25) is 0 Å². The Morgan fingerprint density at radius 3 is 2.21 bits per heavy atom. The lowest BCUT2D eigenvalue weighted by molar-refractivity contribution is 0.122. The third-order valence-corrected chi connectivity index (χ3v) is 4.34. The average molecular weight is 260 g/mol. The number of hydrogen-bond donors (Lipinski definition) is 0. The van der Waals surface area contributed by atoms with Gasteiger partial charge in [-0.3, -0.25) is 4.90 Å². The Labute approximate surface area is 118 Å². The van der Waals surface area contributed by atoms with Crippen LogP contribution in [0.2, 0.25) is 0 Å². The van der Waals surface area contributed by atoms with E-state index < -0.39 is 0 Å². The zero-order valence-electron chi connectivity index (χ0n) is 12.5. The fourth-order valence-electron chi connectivity index (χ4n) is 3.06. The molecule has 1 atom stereocenters. The van der Waals surface area contributed by atoms with Gasteiger partial charge in [-0.1, -0.05) is 50.6 Å². The third-order valence-electron chi connectivity index (χ3n) is 4.34. The van der Waals surface area contributed by atoms with E-state index in [1.54, 1.807) is 0 Å². The minimum atomic E-state index is 0.571. The lowest BCUT2D eigenvalue weighted by Crippen LogP contribution is -2.40. The molecule has 1 aliphatic heterocycles. The molecule has 2 heteroatoms. The van der Waals surface area contributed by atoms with Crippen molar-refractivity contribution in [2.24, 2.45) is 0 Å². The van der Waals surface area contributed by atoms with Crippen LogP contribution < -0.4 is 0 Å². The summed E-state index contributed by atoms with van der Waals surface area (Å²) in [5.41, 5.74) is 1.48. The van der Waals surface area contributed by atoms with E-state index in [1.165, 1.54) is 37.9 Å². The fourth-order valence-corrected chi connectivity index (χ4v) is 3.06. The Balaban J connectivity index is 2.12. The molecule has 1 aliphatic rings.